The highest BCUT2D eigenvalue weighted by Crippen LogP contribution is 2.37. The minimum absolute atomic E-state index is 0.369. The Morgan fingerprint density at radius 1 is 1.15 bits per heavy atom. The molecule has 2 saturated heterocycles. The fourth-order valence-corrected chi connectivity index (χ4v) is 3.64. The van der Waals surface area contributed by atoms with E-state index in [1.807, 2.05) is 0 Å². The van der Waals surface area contributed by atoms with Gasteiger partial charge in [0.15, 0.2) is 0 Å². The van der Waals surface area contributed by atoms with Crippen molar-refractivity contribution in [2.75, 3.05) is 6.54 Å². The van der Waals surface area contributed by atoms with E-state index >= 15 is 0 Å². The molecule has 13 heavy (non-hydrogen) atoms. The summed E-state index contributed by atoms with van der Waals surface area (Å²) in [7, 11) is 0. The highest BCUT2D eigenvalue weighted by molar-refractivity contribution is 6.21. The van der Waals surface area contributed by atoms with Gasteiger partial charge in [-0.25, -0.2) is 0 Å². The van der Waals surface area contributed by atoms with Crippen LogP contribution in [0.3, 0.4) is 0 Å². The van der Waals surface area contributed by atoms with Crippen molar-refractivity contribution in [3.63, 3.8) is 0 Å². The zero-order valence-electron chi connectivity index (χ0n) is 7.59. The molecule has 0 spiro atoms. The maximum Gasteiger partial charge on any atom is 0.0436 e. The average Bonchev–Trinajstić information content (AvgIpc) is 2.62. The van der Waals surface area contributed by atoms with Gasteiger partial charge in [0.25, 0.3) is 0 Å². The molecule has 2 aliphatic heterocycles. The van der Waals surface area contributed by atoms with E-state index in [1.165, 1.54) is 19.3 Å². The predicted molar refractivity (Wildman–Crippen MR) is 52.6 cm³/mol. The first-order valence-corrected chi connectivity index (χ1v) is 5.68. The zero-order chi connectivity index (χ0) is 8.84. The second-order valence-corrected chi connectivity index (χ2v) is 5.02. The summed E-state index contributed by atoms with van der Waals surface area (Å²) in [5.74, 6) is 0.635. The van der Waals surface area contributed by atoms with Crippen LogP contribution in [0.5, 0.6) is 0 Å². The van der Waals surface area contributed by atoms with Crippen LogP contribution in [-0.2, 0) is 0 Å². The summed E-state index contributed by atoms with van der Waals surface area (Å²) in [5.41, 5.74) is 6.56. The molecular formula is C9H16ClN3. The lowest BCUT2D eigenvalue weighted by Crippen LogP contribution is -2.45. The van der Waals surface area contributed by atoms with Gasteiger partial charge in [0, 0.05) is 36.0 Å². The molecule has 5 unspecified atom stereocenters. The number of nitrogens with one attached hydrogen (secondary N) is 3. The van der Waals surface area contributed by atoms with Crippen LogP contribution in [0.1, 0.15) is 19.3 Å². The monoisotopic (exact) mass is 201 g/mol. The molecule has 1 saturated carbocycles. The van der Waals surface area contributed by atoms with Crippen LogP contribution in [0.4, 0.5) is 0 Å². The summed E-state index contributed by atoms with van der Waals surface area (Å²) in [6.45, 7) is 1.04. The van der Waals surface area contributed by atoms with Gasteiger partial charge >= 0.3 is 0 Å². The third-order valence-electron chi connectivity index (χ3n) is 3.74. The molecule has 1 aliphatic carbocycles. The van der Waals surface area contributed by atoms with Gasteiger partial charge in [0.2, 0.25) is 0 Å². The van der Waals surface area contributed by atoms with E-state index in [9.17, 15) is 0 Å². The number of hydrogen-bond donors (Lipinski definition) is 3. The van der Waals surface area contributed by atoms with E-state index in [0.29, 0.717) is 29.4 Å². The molecule has 0 bridgehead atoms. The fraction of sp³-hybridized carbons (Fsp3) is 1.00. The molecule has 3 fully saturated rings. The minimum atomic E-state index is 0.369. The van der Waals surface area contributed by atoms with Gasteiger partial charge in [0.1, 0.15) is 0 Å². The van der Waals surface area contributed by atoms with E-state index in [1.54, 1.807) is 0 Å². The van der Waals surface area contributed by atoms with Crippen molar-refractivity contribution in [3.8, 4) is 0 Å². The molecule has 74 valence electrons. The summed E-state index contributed by atoms with van der Waals surface area (Å²) < 4.78 is 0. The highest BCUT2D eigenvalue weighted by Gasteiger charge is 2.49. The molecule has 0 aromatic heterocycles. The molecule has 0 radical (unpaired) electrons. The third-order valence-corrected chi connectivity index (χ3v) is 4.25. The Kier molecular flexibility index (Phi) is 2.01. The van der Waals surface area contributed by atoms with Crippen LogP contribution in [0, 0.1) is 5.92 Å². The molecule has 3 rings (SSSR count). The largest absolute Gasteiger partial charge is 0.308 e. The molecule has 3 N–H and O–H groups in total. The summed E-state index contributed by atoms with van der Waals surface area (Å²) in [5, 5.41) is 4.04. The van der Waals surface area contributed by atoms with Crippen molar-refractivity contribution < 1.29 is 0 Å². The molecule has 0 amide bonds. The quantitative estimate of drug-likeness (QED) is 0.491. The SMILES string of the molecule is ClC1CCCC2NC3CNNC3C12. The Bertz CT molecular complexity index is 211. The van der Waals surface area contributed by atoms with Gasteiger partial charge in [-0.15, -0.1) is 11.6 Å². The van der Waals surface area contributed by atoms with Gasteiger partial charge in [-0.1, -0.05) is 6.42 Å². The second-order valence-electron chi connectivity index (χ2n) is 4.45. The van der Waals surface area contributed by atoms with Crippen molar-refractivity contribution in [3.05, 3.63) is 0 Å². The topological polar surface area (TPSA) is 36.1 Å². The first-order chi connectivity index (χ1) is 6.36. The first-order valence-electron chi connectivity index (χ1n) is 5.25. The number of hydrazine groups is 1. The number of hydrogen-bond acceptors (Lipinski definition) is 3. The van der Waals surface area contributed by atoms with Crippen molar-refractivity contribution in [1.29, 1.82) is 0 Å². The van der Waals surface area contributed by atoms with Crippen LogP contribution in [0.15, 0.2) is 0 Å². The molecule has 2 heterocycles. The fourth-order valence-electron chi connectivity index (χ4n) is 3.16. The Balaban J connectivity index is 1.83. The number of rotatable bonds is 0. The average molecular weight is 202 g/mol. The van der Waals surface area contributed by atoms with Crippen molar-refractivity contribution in [1.82, 2.24) is 16.2 Å². The molecule has 0 aromatic carbocycles. The van der Waals surface area contributed by atoms with Crippen molar-refractivity contribution >= 4 is 11.6 Å². The second kappa shape index (κ2) is 3.09. The Labute approximate surface area is 83.6 Å². The maximum atomic E-state index is 6.38. The smallest absolute Gasteiger partial charge is 0.0436 e. The van der Waals surface area contributed by atoms with Gasteiger partial charge < -0.3 is 5.32 Å². The first kappa shape index (κ1) is 8.48. The van der Waals surface area contributed by atoms with Gasteiger partial charge in [0.05, 0.1) is 0 Å². The molecule has 5 atom stereocenters. The lowest BCUT2D eigenvalue weighted by molar-refractivity contribution is 0.288. The maximum absolute atomic E-state index is 6.38. The van der Waals surface area contributed by atoms with E-state index in [0.717, 1.165) is 6.54 Å². The van der Waals surface area contributed by atoms with Gasteiger partial charge in [-0.2, -0.15) is 0 Å². The van der Waals surface area contributed by atoms with Crippen molar-refractivity contribution in [2.45, 2.75) is 42.8 Å². The Morgan fingerprint density at radius 2 is 2.08 bits per heavy atom. The Morgan fingerprint density at radius 3 is 3.00 bits per heavy atom. The molecule has 0 aromatic rings. The zero-order valence-corrected chi connectivity index (χ0v) is 8.35. The van der Waals surface area contributed by atoms with Crippen LogP contribution in [-0.4, -0.2) is 30.0 Å². The molecule has 4 heteroatoms. The van der Waals surface area contributed by atoms with Gasteiger partial charge in [-0.05, 0) is 12.8 Å². The summed E-state index contributed by atoms with van der Waals surface area (Å²) in [6.07, 6.45) is 3.78. The highest BCUT2D eigenvalue weighted by atomic mass is 35.5. The predicted octanol–water partition coefficient (Wildman–Crippen LogP) is 0.211. The van der Waals surface area contributed by atoms with Crippen LogP contribution < -0.4 is 16.2 Å². The summed E-state index contributed by atoms with van der Waals surface area (Å²) in [6, 6.07) is 1.84. The van der Waals surface area contributed by atoms with E-state index in [4.69, 9.17) is 11.6 Å². The molecule has 3 nitrogen and oxygen atoms in total. The molecular weight excluding hydrogens is 186 g/mol. The normalized spacial score (nSPS) is 54.7. The minimum Gasteiger partial charge on any atom is -0.308 e. The van der Waals surface area contributed by atoms with E-state index < -0.39 is 0 Å². The van der Waals surface area contributed by atoms with Crippen LogP contribution >= 0.6 is 11.6 Å². The lowest BCUT2D eigenvalue weighted by atomic mass is 9.82. The van der Waals surface area contributed by atoms with E-state index in [-0.39, 0.29) is 0 Å². The third kappa shape index (κ3) is 1.22. The summed E-state index contributed by atoms with van der Waals surface area (Å²) >= 11 is 6.38. The number of halogens is 1. The number of alkyl halides is 1. The summed E-state index contributed by atoms with van der Waals surface area (Å²) in [4.78, 5) is 0. The van der Waals surface area contributed by atoms with Crippen LogP contribution in [0.25, 0.3) is 0 Å². The van der Waals surface area contributed by atoms with Crippen molar-refractivity contribution in [2.24, 2.45) is 5.92 Å². The molecule has 3 aliphatic rings. The number of fused-ring (bicyclic) bond motifs is 3. The standard InChI is InChI=1S/C9H16ClN3/c10-5-2-1-3-6-8(5)9-7(12-6)4-11-13-9/h5-9,11-13H,1-4H2. The van der Waals surface area contributed by atoms with E-state index in [2.05, 4.69) is 16.2 Å². The lowest BCUT2D eigenvalue weighted by Gasteiger charge is -2.32. The van der Waals surface area contributed by atoms with Gasteiger partial charge in [-0.3, -0.25) is 10.9 Å². The Hall–Kier alpha value is 0.170. The van der Waals surface area contributed by atoms with Crippen LogP contribution in [0.2, 0.25) is 0 Å².